The second-order valence-electron chi connectivity index (χ2n) is 5.69. The average Bonchev–Trinajstić information content (AvgIpc) is 2.57. The minimum absolute atomic E-state index is 0.00362. The first kappa shape index (κ1) is 16.5. The lowest BCUT2D eigenvalue weighted by Gasteiger charge is -2.18. The highest BCUT2D eigenvalue weighted by Crippen LogP contribution is 2.20. The van der Waals surface area contributed by atoms with Gasteiger partial charge in [-0.25, -0.2) is 4.98 Å². The third-order valence-corrected chi connectivity index (χ3v) is 4.19. The Balaban J connectivity index is 1.83. The summed E-state index contributed by atoms with van der Waals surface area (Å²) in [4.78, 5) is 18.2. The number of nitrogens with one attached hydrogen (secondary N) is 1. The van der Waals surface area contributed by atoms with Crippen molar-refractivity contribution >= 4 is 11.6 Å². The van der Waals surface area contributed by atoms with Gasteiger partial charge in [-0.2, -0.15) is 0 Å². The molecule has 0 bridgehead atoms. The van der Waals surface area contributed by atoms with Crippen LogP contribution in [0.4, 0.5) is 5.69 Å². The van der Waals surface area contributed by atoms with E-state index in [9.17, 15) is 4.79 Å². The number of carbonyl (C=O) groups excluding carboxylic acids is 1. The van der Waals surface area contributed by atoms with Crippen molar-refractivity contribution in [3.05, 3.63) is 35.7 Å². The Bertz CT molecular complexity index is 504. The van der Waals surface area contributed by atoms with Gasteiger partial charge < -0.3 is 10.2 Å². The van der Waals surface area contributed by atoms with Gasteiger partial charge in [0.1, 0.15) is 5.69 Å². The van der Waals surface area contributed by atoms with Crippen molar-refractivity contribution in [1.82, 2.24) is 9.88 Å². The van der Waals surface area contributed by atoms with E-state index in [0.717, 1.165) is 18.7 Å². The Hall–Kier alpha value is -1.84. The van der Waals surface area contributed by atoms with Crippen LogP contribution in [0.15, 0.2) is 30.0 Å². The molecule has 4 nitrogen and oxygen atoms in total. The summed E-state index contributed by atoms with van der Waals surface area (Å²) in [6.07, 6.45) is 10.4. The van der Waals surface area contributed by atoms with Crippen molar-refractivity contribution in [2.24, 2.45) is 0 Å². The van der Waals surface area contributed by atoms with Crippen LogP contribution < -0.4 is 5.32 Å². The summed E-state index contributed by atoms with van der Waals surface area (Å²) in [5.74, 6) is 0.00362. The van der Waals surface area contributed by atoms with E-state index in [-0.39, 0.29) is 5.91 Å². The Morgan fingerprint density at radius 2 is 2.09 bits per heavy atom. The summed E-state index contributed by atoms with van der Waals surface area (Å²) in [6, 6.07) is 3.75. The van der Waals surface area contributed by atoms with E-state index in [0.29, 0.717) is 18.8 Å². The van der Waals surface area contributed by atoms with Gasteiger partial charge in [-0.1, -0.05) is 11.6 Å². The predicted octanol–water partition coefficient (Wildman–Crippen LogP) is 3.87. The Labute approximate surface area is 133 Å². The molecule has 0 saturated carbocycles. The zero-order chi connectivity index (χ0) is 15.8. The summed E-state index contributed by atoms with van der Waals surface area (Å²) < 4.78 is 0. The van der Waals surface area contributed by atoms with E-state index in [1.807, 2.05) is 26.0 Å². The molecule has 1 aliphatic rings. The molecule has 0 fully saturated rings. The van der Waals surface area contributed by atoms with Gasteiger partial charge in [0.2, 0.25) is 0 Å². The maximum Gasteiger partial charge on any atom is 0.272 e. The maximum absolute atomic E-state index is 12.2. The number of rotatable bonds is 7. The molecule has 1 N–H and O–H groups in total. The molecule has 1 aromatic rings. The SMILES string of the molecule is CCN(CC)C(=O)c1ccc(NCCC2=CCCCC2)cn1. The molecular weight excluding hydrogens is 274 g/mol. The Morgan fingerprint density at radius 1 is 1.27 bits per heavy atom. The largest absolute Gasteiger partial charge is 0.383 e. The Kier molecular flexibility index (Phi) is 6.44. The van der Waals surface area contributed by atoms with E-state index < -0.39 is 0 Å². The Morgan fingerprint density at radius 3 is 2.68 bits per heavy atom. The van der Waals surface area contributed by atoms with Gasteiger partial charge in [-0.3, -0.25) is 4.79 Å². The molecule has 0 unspecified atom stereocenters. The van der Waals surface area contributed by atoms with Crippen LogP contribution in [0.2, 0.25) is 0 Å². The predicted molar refractivity (Wildman–Crippen MR) is 91.1 cm³/mol. The summed E-state index contributed by atoms with van der Waals surface area (Å²) in [5, 5.41) is 3.39. The lowest BCUT2D eigenvalue weighted by Crippen LogP contribution is -2.31. The van der Waals surface area contributed by atoms with Crippen molar-refractivity contribution in [3.63, 3.8) is 0 Å². The highest BCUT2D eigenvalue weighted by Gasteiger charge is 2.13. The first-order valence-corrected chi connectivity index (χ1v) is 8.41. The molecule has 120 valence electrons. The van der Waals surface area contributed by atoms with Gasteiger partial charge in [0.15, 0.2) is 0 Å². The number of anilines is 1. The van der Waals surface area contributed by atoms with E-state index in [2.05, 4.69) is 16.4 Å². The fraction of sp³-hybridized carbons (Fsp3) is 0.556. The van der Waals surface area contributed by atoms with E-state index in [1.54, 1.807) is 16.7 Å². The van der Waals surface area contributed by atoms with Gasteiger partial charge in [-0.05, 0) is 58.1 Å². The highest BCUT2D eigenvalue weighted by molar-refractivity contribution is 5.92. The zero-order valence-corrected chi connectivity index (χ0v) is 13.8. The van der Waals surface area contributed by atoms with Crippen molar-refractivity contribution in [2.75, 3.05) is 25.0 Å². The molecule has 0 spiro atoms. The van der Waals surface area contributed by atoms with Crippen LogP contribution in [0.1, 0.15) is 56.4 Å². The number of hydrogen-bond donors (Lipinski definition) is 1. The molecule has 0 radical (unpaired) electrons. The van der Waals surface area contributed by atoms with Crippen LogP contribution in [-0.4, -0.2) is 35.4 Å². The molecule has 1 aromatic heterocycles. The number of amides is 1. The van der Waals surface area contributed by atoms with Crippen LogP contribution in [0.5, 0.6) is 0 Å². The zero-order valence-electron chi connectivity index (χ0n) is 13.8. The molecule has 1 aliphatic carbocycles. The van der Waals surface area contributed by atoms with E-state index >= 15 is 0 Å². The normalized spacial score (nSPS) is 14.4. The molecule has 22 heavy (non-hydrogen) atoms. The standard InChI is InChI=1S/C18H27N3O/c1-3-21(4-2)18(22)17-11-10-16(14-20-17)19-13-12-15-8-6-5-7-9-15/h8,10-11,14,19H,3-7,9,12-13H2,1-2H3. The molecule has 1 amide bonds. The maximum atomic E-state index is 12.2. The second-order valence-corrected chi connectivity index (χ2v) is 5.69. The van der Waals surface area contributed by atoms with Crippen molar-refractivity contribution in [2.45, 2.75) is 46.0 Å². The third kappa shape index (κ3) is 4.58. The summed E-state index contributed by atoms with van der Waals surface area (Å²) >= 11 is 0. The molecule has 4 heteroatoms. The van der Waals surface area contributed by atoms with Gasteiger partial charge in [0.05, 0.1) is 11.9 Å². The number of pyridine rings is 1. The summed E-state index contributed by atoms with van der Waals surface area (Å²) in [7, 11) is 0. The van der Waals surface area contributed by atoms with Crippen LogP contribution in [0, 0.1) is 0 Å². The van der Waals surface area contributed by atoms with E-state index in [4.69, 9.17) is 0 Å². The number of carbonyl (C=O) groups is 1. The quantitative estimate of drug-likeness (QED) is 0.778. The summed E-state index contributed by atoms with van der Waals surface area (Å²) in [6.45, 7) is 6.32. The first-order chi connectivity index (χ1) is 10.7. The van der Waals surface area contributed by atoms with Crippen molar-refractivity contribution in [3.8, 4) is 0 Å². The van der Waals surface area contributed by atoms with Gasteiger partial charge >= 0.3 is 0 Å². The van der Waals surface area contributed by atoms with Crippen LogP contribution in [0.3, 0.4) is 0 Å². The number of allylic oxidation sites excluding steroid dienone is 1. The third-order valence-electron chi connectivity index (χ3n) is 4.19. The van der Waals surface area contributed by atoms with Gasteiger partial charge in [-0.15, -0.1) is 0 Å². The molecule has 0 aliphatic heterocycles. The monoisotopic (exact) mass is 301 g/mol. The van der Waals surface area contributed by atoms with Crippen LogP contribution >= 0.6 is 0 Å². The second kappa shape index (κ2) is 8.57. The number of nitrogens with zero attached hydrogens (tertiary/aromatic N) is 2. The van der Waals surface area contributed by atoms with Crippen LogP contribution in [0.25, 0.3) is 0 Å². The fourth-order valence-electron chi connectivity index (χ4n) is 2.80. The van der Waals surface area contributed by atoms with Gasteiger partial charge in [0, 0.05) is 19.6 Å². The van der Waals surface area contributed by atoms with Crippen molar-refractivity contribution in [1.29, 1.82) is 0 Å². The molecule has 1 heterocycles. The van der Waals surface area contributed by atoms with Crippen molar-refractivity contribution < 1.29 is 4.79 Å². The smallest absolute Gasteiger partial charge is 0.272 e. The number of aromatic nitrogens is 1. The lowest BCUT2D eigenvalue weighted by atomic mass is 9.97. The minimum Gasteiger partial charge on any atom is -0.383 e. The fourth-order valence-corrected chi connectivity index (χ4v) is 2.80. The molecule has 0 atom stereocenters. The average molecular weight is 301 g/mol. The first-order valence-electron chi connectivity index (χ1n) is 8.41. The highest BCUT2D eigenvalue weighted by atomic mass is 16.2. The van der Waals surface area contributed by atoms with E-state index in [1.165, 1.54) is 25.7 Å². The van der Waals surface area contributed by atoms with Crippen LogP contribution in [-0.2, 0) is 0 Å². The molecular formula is C18H27N3O. The summed E-state index contributed by atoms with van der Waals surface area (Å²) in [5.41, 5.74) is 3.07. The van der Waals surface area contributed by atoms with Gasteiger partial charge in [0.25, 0.3) is 5.91 Å². The topological polar surface area (TPSA) is 45.2 Å². The molecule has 0 aromatic carbocycles. The minimum atomic E-state index is 0.00362. The molecule has 2 rings (SSSR count). The number of hydrogen-bond acceptors (Lipinski definition) is 3. The molecule has 0 saturated heterocycles. The lowest BCUT2D eigenvalue weighted by molar-refractivity contribution is 0.0767.